The highest BCUT2D eigenvalue weighted by atomic mass is 16.5. The highest BCUT2D eigenvalue weighted by Crippen LogP contribution is 2.19. The van der Waals surface area contributed by atoms with Gasteiger partial charge in [0.05, 0.1) is 25.4 Å². The van der Waals surface area contributed by atoms with Gasteiger partial charge in [0.1, 0.15) is 0 Å². The molecule has 0 radical (unpaired) electrons. The van der Waals surface area contributed by atoms with E-state index in [1.165, 1.54) is 327 Å². The standard InChI is InChI=1S/C72H139NO5/c1-3-5-7-9-11-13-15-17-19-20-21-30-33-37-40-44-48-52-56-60-64-70(75)69(68-74)73-71(76)65-61-57-53-49-45-41-38-34-31-28-26-24-22-23-25-27-29-32-35-39-43-47-51-55-59-63-67-78-72(77)66-62-58-54-50-46-42-36-18-16-14-12-10-8-6-4-2/h18,36,60,64,69-70,74-75H,3-17,19-35,37-59,61-63,65-68H2,1-2H3,(H,73,76)/b36-18-,64-60+. The molecular formula is C72H139NO5. The number of ether oxygens (including phenoxy) is 1. The summed E-state index contributed by atoms with van der Waals surface area (Å²) in [7, 11) is 0. The molecule has 0 rings (SSSR count). The van der Waals surface area contributed by atoms with E-state index in [9.17, 15) is 19.8 Å². The first kappa shape index (κ1) is 76.3. The minimum absolute atomic E-state index is 0.00969. The van der Waals surface area contributed by atoms with E-state index in [1.54, 1.807) is 6.08 Å². The lowest BCUT2D eigenvalue weighted by Gasteiger charge is -2.20. The SMILES string of the molecule is CCCCCCCC/C=C\CCCCCCCC(=O)OCCCCCCCCCCCCCCCCCCCCCCCCCCCCC(=O)NC(CO)C(O)/C=C/CCCCCCCCCCCCCCCCCCCC. The maximum atomic E-state index is 12.5. The quantitative estimate of drug-likeness (QED) is 0.0320. The predicted octanol–water partition coefficient (Wildman–Crippen LogP) is 22.9. The third-order valence-electron chi connectivity index (χ3n) is 16.7. The second-order valence-corrected chi connectivity index (χ2v) is 24.6. The van der Waals surface area contributed by atoms with Crippen LogP contribution in [0.15, 0.2) is 24.3 Å². The number of aliphatic hydroxyl groups excluding tert-OH is 2. The van der Waals surface area contributed by atoms with Gasteiger partial charge in [0.2, 0.25) is 5.91 Å². The number of allylic oxidation sites excluding steroid dienone is 3. The van der Waals surface area contributed by atoms with E-state index in [0.29, 0.717) is 19.4 Å². The summed E-state index contributed by atoms with van der Waals surface area (Å²) >= 11 is 0. The number of aliphatic hydroxyl groups is 2. The number of carbonyl (C=O) groups is 2. The van der Waals surface area contributed by atoms with E-state index in [2.05, 4.69) is 31.3 Å². The van der Waals surface area contributed by atoms with Crippen LogP contribution in [0.3, 0.4) is 0 Å². The number of amides is 1. The molecular weight excluding hydrogens is 959 g/mol. The molecule has 0 aliphatic heterocycles. The molecule has 0 saturated carbocycles. The molecule has 0 aliphatic carbocycles. The smallest absolute Gasteiger partial charge is 0.305 e. The molecule has 2 unspecified atom stereocenters. The first-order chi connectivity index (χ1) is 38.5. The third kappa shape index (κ3) is 63.5. The number of rotatable bonds is 67. The summed E-state index contributed by atoms with van der Waals surface area (Å²) in [6.45, 7) is 4.94. The molecule has 0 saturated heterocycles. The van der Waals surface area contributed by atoms with Gasteiger partial charge in [-0.25, -0.2) is 0 Å². The molecule has 0 heterocycles. The largest absolute Gasteiger partial charge is 0.466 e. The van der Waals surface area contributed by atoms with Crippen molar-refractivity contribution < 1.29 is 24.5 Å². The zero-order valence-corrected chi connectivity index (χ0v) is 52.9. The fourth-order valence-electron chi connectivity index (χ4n) is 11.3. The molecule has 6 nitrogen and oxygen atoms in total. The molecule has 0 aromatic carbocycles. The average molecular weight is 1100 g/mol. The Balaban J connectivity index is 3.38. The molecule has 6 heteroatoms. The Morgan fingerprint density at radius 1 is 0.346 bits per heavy atom. The molecule has 1 amide bonds. The minimum atomic E-state index is -0.844. The highest BCUT2D eigenvalue weighted by Gasteiger charge is 2.18. The molecule has 0 fully saturated rings. The molecule has 78 heavy (non-hydrogen) atoms. The van der Waals surface area contributed by atoms with Crippen LogP contribution in [0.2, 0.25) is 0 Å². The lowest BCUT2D eigenvalue weighted by Crippen LogP contribution is -2.45. The van der Waals surface area contributed by atoms with Crippen molar-refractivity contribution in [2.24, 2.45) is 0 Å². The molecule has 0 aliphatic rings. The van der Waals surface area contributed by atoms with Crippen molar-refractivity contribution in [3.8, 4) is 0 Å². The Morgan fingerprint density at radius 2 is 0.603 bits per heavy atom. The first-order valence-corrected chi connectivity index (χ1v) is 35.6. The second-order valence-electron chi connectivity index (χ2n) is 24.6. The molecule has 0 bridgehead atoms. The molecule has 0 spiro atoms. The van der Waals surface area contributed by atoms with Gasteiger partial charge < -0.3 is 20.3 Å². The second kappa shape index (κ2) is 67.8. The van der Waals surface area contributed by atoms with Gasteiger partial charge in [-0.2, -0.15) is 0 Å². The van der Waals surface area contributed by atoms with E-state index in [0.717, 1.165) is 44.9 Å². The van der Waals surface area contributed by atoms with Gasteiger partial charge in [-0.15, -0.1) is 0 Å². The summed E-state index contributed by atoms with van der Waals surface area (Å²) < 4.78 is 5.49. The Hall–Kier alpha value is -1.66. The van der Waals surface area contributed by atoms with Crippen LogP contribution >= 0.6 is 0 Å². The summed E-state index contributed by atoms with van der Waals surface area (Å²) in [5.41, 5.74) is 0. The molecule has 0 aromatic heterocycles. The van der Waals surface area contributed by atoms with Gasteiger partial charge in [0.25, 0.3) is 0 Å². The molecule has 462 valence electrons. The van der Waals surface area contributed by atoms with Crippen molar-refractivity contribution in [2.45, 2.75) is 411 Å². The summed E-state index contributed by atoms with van der Waals surface area (Å²) in [6.07, 6.45) is 85.4. The number of esters is 1. The van der Waals surface area contributed by atoms with Crippen LogP contribution < -0.4 is 5.32 Å². The van der Waals surface area contributed by atoms with Crippen molar-refractivity contribution in [3.05, 3.63) is 24.3 Å². The van der Waals surface area contributed by atoms with Gasteiger partial charge in [-0.3, -0.25) is 9.59 Å². The van der Waals surface area contributed by atoms with Crippen LogP contribution in [0.5, 0.6) is 0 Å². The van der Waals surface area contributed by atoms with E-state index in [-0.39, 0.29) is 18.5 Å². The number of hydrogen-bond acceptors (Lipinski definition) is 5. The Bertz CT molecular complexity index is 1220. The van der Waals surface area contributed by atoms with Crippen molar-refractivity contribution in [2.75, 3.05) is 13.2 Å². The van der Waals surface area contributed by atoms with Gasteiger partial charge >= 0.3 is 5.97 Å². The normalized spacial score (nSPS) is 12.6. The first-order valence-electron chi connectivity index (χ1n) is 35.6. The van der Waals surface area contributed by atoms with E-state index >= 15 is 0 Å². The van der Waals surface area contributed by atoms with Crippen LogP contribution in [0, 0.1) is 0 Å². The summed E-state index contributed by atoms with van der Waals surface area (Å²) in [5, 5.41) is 23.2. The highest BCUT2D eigenvalue weighted by molar-refractivity contribution is 5.76. The van der Waals surface area contributed by atoms with Crippen molar-refractivity contribution >= 4 is 11.9 Å². The summed E-state index contributed by atoms with van der Waals surface area (Å²) in [4.78, 5) is 24.6. The van der Waals surface area contributed by atoms with Crippen molar-refractivity contribution in [1.82, 2.24) is 5.32 Å². The monoisotopic (exact) mass is 1100 g/mol. The Morgan fingerprint density at radius 3 is 0.910 bits per heavy atom. The fourth-order valence-corrected chi connectivity index (χ4v) is 11.3. The van der Waals surface area contributed by atoms with Crippen molar-refractivity contribution in [3.63, 3.8) is 0 Å². The Kier molecular flexibility index (Phi) is 66.4. The molecule has 0 aromatic rings. The zero-order valence-electron chi connectivity index (χ0n) is 52.9. The van der Waals surface area contributed by atoms with Crippen LogP contribution in [-0.4, -0.2) is 47.4 Å². The van der Waals surface area contributed by atoms with Gasteiger partial charge in [-0.05, 0) is 57.8 Å². The summed E-state index contributed by atoms with van der Waals surface area (Å²) in [6, 6.07) is -0.627. The van der Waals surface area contributed by atoms with Gasteiger partial charge in [0.15, 0.2) is 0 Å². The average Bonchev–Trinajstić information content (AvgIpc) is 3.44. The van der Waals surface area contributed by atoms with E-state index in [4.69, 9.17) is 4.74 Å². The van der Waals surface area contributed by atoms with E-state index < -0.39 is 12.1 Å². The van der Waals surface area contributed by atoms with Crippen LogP contribution in [0.25, 0.3) is 0 Å². The van der Waals surface area contributed by atoms with Crippen LogP contribution in [-0.2, 0) is 14.3 Å². The Labute approximate surface area is 488 Å². The lowest BCUT2D eigenvalue weighted by molar-refractivity contribution is -0.143. The van der Waals surface area contributed by atoms with Gasteiger partial charge in [0, 0.05) is 12.8 Å². The maximum absolute atomic E-state index is 12.5. The maximum Gasteiger partial charge on any atom is 0.305 e. The minimum Gasteiger partial charge on any atom is -0.466 e. The van der Waals surface area contributed by atoms with E-state index in [1.807, 2.05) is 6.08 Å². The number of unbranched alkanes of at least 4 members (excludes halogenated alkanes) is 54. The number of nitrogens with one attached hydrogen (secondary N) is 1. The number of hydrogen-bond donors (Lipinski definition) is 3. The predicted molar refractivity (Wildman–Crippen MR) is 343 cm³/mol. The topological polar surface area (TPSA) is 95.9 Å². The lowest BCUT2D eigenvalue weighted by atomic mass is 10.0. The van der Waals surface area contributed by atoms with Crippen LogP contribution in [0.4, 0.5) is 0 Å². The molecule has 3 N–H and O–H groups in total. The van der Waals surface area contributed by atoms with Crippen LogP contribution in [0.1, 0.15) is 399 Å². The van der Waals surface area contributed by atoms with Crippen molar-refractivity contribution in [1.29, 1.82) is 0 Å². The fraction of sp³-hybridized carbons (Fsp3) is 0.917. The number of carbonyl (C=O) groups excluding carboxylic acids is 2. The van der Waals surface area contributed by atoms with Gasteiger partial charge in [-0.1, -0.05) is 353 Å². The summed E-state index contributed by atoms with van der Waals surface area (Å²) in [5.74, 6) is -0.0521. The zero-order chi connectivity index (χ0) is 56.4. The third-order valence-corrected chi connectivity index (χ3v) is 16.7. The molecule has 2 atom stereocenters.